The number of nitrogens with zero attached hydrogens (tertiary/aromatic N) is 1. The third-order valence-corrected chi connectivity index (χ3v) is 2.45. The second kappa shape index (κ2) is 7.90. The van der Waals surface area contributed by atoms with Crippen molar-refractivity contribution in [2.45, 2.75) is 13.3 Å². The van der Waals surface area contributed by atoms with Crippen molar-refractivity contribution in [3.8, 4) is 0 Å². The number of hydrogen-bond donors (Lipinski definition) is 1. The molecule has 0 amide bonds. The van der Waals surface area contributed by atoms with Gasteiger partial charge in [-0.25, -0.2) is 0 Å². The zero-order chi connectivity index (χ0) is 9.40. The number of thiol groups is 1. The van der Waals surface area contributed by atoms with Crippen LogP contribution >= 0.6 is 12.6 Å². The summed E-state index contributed by atoms with van der Waals surface area (Å²) in [6.45, 7) is 5.33. The van der Waals surface area contributed by atoms with Crippen LogP contribution in [0.25, 0.3) is 0 Å². The zero-order valence-electron chi connectivity index (χ0n) is 8.42. The van der Waals surface area contributed by atoms with Crippen molar-refractivity contribution in [2.24, 2.45) is 5.92 Å². The molecule has 12 heavy (non-hydrogen) atoms. The molecule has 0 aliphatic heterocycles. The van der Waals surface area contributed by atoms with E-state index in [1.54, 1.807) is 7.11 Å². The molecule has 74 valence electrons. The molecule has 0 aliphatic rings. The second-order valence-corrected chi connectivity index (χ2v) is 3.76. The van der Waals surface area contributed by atoms with Gasteiger partial charge in [-0.15, -0.1) is 0 Å². The van der Waals surface area contributed by atoms with E-state index in [0.717, 1.165) is 31.9 Å². The molecule has 0 saturated carbocycles. The highest BCUT2D eigenvalue weighted by atomic mass is 32.1. The fraction of sp³-hybridized carbons (Fsp3) is 1.00. The van der Waals surface area contributed by atoms with Gasteiger partial charge in [0.05, 0.1) is 0 Å². The highest BCUT2D eigenvalue weighted by Gasteiger charge is 2.03. The molecule has 0 saturated heterocycles. The van der Waals surface area contributed by atoms with Crippen molar-refractivity contribution in [2.75, 3.05) is 39.6 Å². The van der Waals surface area contributed by atoms with Crippen LogP contribution in [-0.2, 0) is 4.74 Å². The van der Waals surface area contributed by atoms with E-state index >= 15 is 0 Å². The van der Waals surface area contributed by atoms with Gasteiger partial charge in [-0.1, -0.05) is 6.92 Å². The molecule has 0 aromatic carbocycles. The van der Waals surface area contributed by atoms with Gasteiger partial charge in [0, 0.05) is 26.8 Å². The SMILES string of the molecule is COCCCN(C)CC(C)CS. The van der Waals surface area contributed by atoms with Gasteiger partial charge in [-0.3, -0.25) is 0 Å². The minimum Gasteiger partial charge on any atom is -0.385 e. The summed E-state index contributed by atoms with van der Waals surface area (Å²) in [5, 5.41) is 0. The highest BCUT2D eigenvalue weighted by Crippen LogP contribution is 2.00. The fourth-order valence-corrected chi connectivity index (χ4v) is 1.28. The first-order valence-electron chi connectivity index (χ1n) is 4.49. The average molecular weight is 191 g/mol. The van der Waals surface area contributed by atoms with E-state index in [0.29, 0.717) is 5.92 Å². The maximum atomic E-state index is 4.98. The van der Waals surface area contributed by atoms with Crippen LogP contribution in [0.15, 0.2) is 0 Å². The van der Waals surface area contributed by atoms with E-state index < -0.39 is 0 Å². The zero-order valence-corrected chi connectivity index (χ0v) is 9.31. The van der Waals surface area contributed by atoms with Gasteiger partial charge < -0.3 is 9.64 Å². The summed E-state index contributed by atoms with van der Waals surface area (Å²) < 4.78 is 4.98. The van der Waals surface area contributed by atoms with Crippen molar-refractivity contribution < 1.29 is 4.74 Å². The summed E-state index contributed by atoms with van der Waals surface area (Å²) in [5.41, 5.74) is 0. The van der Waals surface area contributed by atoms with E-state index in [-0.39, 0.29) is 0 Å². The molecule has 1 atom stereocenters. The Morgan fingerprint density at radius 1 is 1.50 bits per heavy atom. The summed E-state index contributed by atoms with van der Waals surface area (Å²) in [5.74, 6) is 1.65. The summed E-state index contributed by atoms with van der Waals surface area (Å²) in [7, 11) is 3.89. The van der Waals surface area contributed by atoms with Gasteiger partial charge in [0.2, 0.25) is 0 Å². The number of hydrogen-bond acceptors (Lipinski definition) is 3. The van der Waals surface area contributed by atoms with E-state index in [9.17, 15) is 0 Å². The maximum absolute atomic E-state index is 4.98. The molecule has 2 nitrogen and oxygen atoms in total. The van der Waals surface area contributed by atoms with E-state index in [1.807, 2.05) is 0 Å². The Morgan fingerprint density at radius 2 is 2.17 bits per heavy atom. The molecule has 0 N–H and O–H groups in total. The standard InChI is InChI=1S/C9H21NOS/c1-9(8-12)7-10(2)5-4-6-11-3/h9,12H,4-8H2,1-3H3. The molecule has 0 heterocycles. The number of rotatable bonds is 7. The Morgan fingerprint density at radius 3 is 2.67 bits per heavy atom. The molecule has 0 bridgehead atoms. The third kappa shape index (κ3) is 6.95. The second-order valence-electron chi connectivity index (χ2n) is 3.40. The van der Waals surface area contributed by atoms with Gasteiger partial charge in [0.1, 0.15) is 0 Å². The van der Waals surface area contributed by atoms with Crippen LogP contribution in [-0.4, -0.2) is 44.5 Å². The monoisotopic (exact) mass is 191 g/mol. The number of ether oxygens (including phenoxy) is 1. The number of methoxy groups -OCH3 is 1. The highest BCUT2D eigenvalue weighted by molar-refractivity contribution is 7.80. The Hall–Kier alpha value is 0.270. The summed E-state index contributed by atoms with van der Waals surface area (Å²) in [4.78, 5) is 2.33. The first kappa shape index (κ1) is 12.3. The molecular weight excluding hydrogens is 170 g/mol. The molecule has 0 radical (unpaired) electrons. The van der Waals surface area contributed by atoms with Crippen molar-refractivity contribution in [1.82, 2.24) is 4.90 Å². The van der Waals surface area contributed by atoms with Gasteiger partial charge >= 0.3 is 0 Å². The lowest BCUT2D eigenvalue weighted by Gasteiger charge is -2.19. The lowest BCUT2D eigenvalue weighted by atomic mass is 10.2. The van der Waals surface area contributed by atoms with Gasteiger partial charge in [0.15, 0.2) is 0 Å². The lowest BCUT2D eigenvalue weighted by Crippen LogP contribution is -2.26. The molecule has 0 aliphatic carbocycles. The molecule has 1 unspecified atom stereocenters. The van der Waals surface area contributed by atoms with Crippen molar-refractivity contribution in [3.63, 3.8) is 0 Å². The van der Waals surface area contributed by atoms with E-state index in [4.69, 9.17) is 4.74 Å². The van der Waals surface area contributed by atoms with Crippen molar-refractivity contribution in [3.05, 3.63) is 0 Å². The Balaban J connectivity index is 3.26. The van der Waals surface area contributed by atoms with Crippen LogP contribution in [0.5, 0.6) is 0 Å². The molecule has 0 aromatic rings. The molecule has 3 heteroatoms. The maximum Gasteiger partial charge on any atom is 0.0474 e. The Bertz CT molecular complexity index is 101. The van der Waals surface area contributed by atoms with Crippen LogP contribution in [0.3, 0.4) is 0 Å². The van der Waals surface area contributed by atoms with Crippen molar-refractivity contribution >= 4 is 12.6 Å². The molecule has 0 fully saturated rings. The van der Waals surface area contributed by atoms with E-state index in [1.165, 1.54) is 0 Å². The van der Waals surface area contributed by atoms with E-state index in [2.05, 4.69) is 31.5 Å². The quantitative estimate of drug-likeness (QED) is 0.484. The average Bonchev–Trinajstić information content (AvgIpc) is 2.05. The lowest BCUT2D eigenvalue weighted by molar-refractivity contribution is 0.176. The van der Waals surface area contributed by atoms with Crippen LogP contribution < -0.4 is 0 Å². The minimum absolute atomic E-state index is 0.681. The Kier molecular flexibility index (Phi) is 8.07. The van der Waals surface area contributed by atoms with Gasteiger partial charge in [0.25, 0.3) is 0 Å². The predicted octanol–water partition coefficient (Wildman–Crippen LogP) is 1.52. The largest absolute Gasteiger partial charge is 0.385 e. The summed E-state index contributed by atoms with van der Waals surface area (Å²) in [6.07, 6.45) is 1.12. The summed E-state index contributed by atoms with van der Waals surface area (Å²) in [6, 6.07) is 0. The molecule has 0 aromatic heterocycles. The first-order chi connectivity index (χ1) is 5.70. The molecular formula is C9H21NOS. The third-order valence-electron chi connectivity index (χ3n) is 1.82. The van der Waals surface area contributed by atoms with Crippen LogP contribution in [0.1, 0.15) is 13.3 Å². The molecule has 0 rings (SSSR count). The smallest absolute Gasteiger partial charge is 0.0474 e. The van der Waals surface area contributed by atoms with Gasteiger partial charge in [-0.05, 0) is 25.1 Å². The molecule has 0 spiro atoms. The Labute approximate surface area is 81.7 Å². The minimum atomic E-state index is 0.681. The van der Waals surface area contributed by atoms with Crippen LogP contribution in [0.2, 0.25) is 0 Å². The van der Waals surface area contributed by atoms with Crippen molar-refractivity contribution in [1.29, 1.82) is 0 Å². The summed E-state index contributed by atoms with van der Waals surface area (Å²) >= 11 is 4.25. The predicted molar refractivity (Wildman–Crippen MR) is 57.0 cm³/mol. The normalized spacial score (nSPS) is 13.8. The first-order valence-corrected chi connectivity index (χ1v) is 5.12. The van der Waals surface area contributed by atoms with Gasteiger partial charge in [-0.2, -0.15) is 12.6 Å². The van der Waals surface area contributed by atoms with Crippen LogP contribution in [0, 0.1) is 5.92 Å². The van der Waals surface area contributed by atoms with Crippen LogP contribution in [0.4, 0.5) is 0 Å². The topological polar surface area (TPSA) is 12.5 Å². The fourth-order valence-electron chi connectivity index (χ4n) is 1.16.